The average Bonchev–Trinajstić information content (AvgIpc) is 2.86. The smallest absolute Gasteiger partial charge is 0.379 e. The zero-order chi connectivity index (χ0) is 25.9. The Hall–Kier alpha value is -2.23. The number of ether oxygens (including phenoxy) is 2. The first-order valence-corrected chi connectivity index (χ1v) is 12.6. The fourth-order valence-electron chi connectivity index (χ4n) is 5.21. The van der Waals surface area contributed by atoms with Crippen LogP contribution in [-0.4, -0.2) is 60.3 Å². The number of methoxy groups -OCH3 is 1. The highest BCUT2D eigenvalue weighted by atomic mass is 35.5. The molecule has 196 valence electrons. The van der Waals surface area contributed by atoms with Crippen LogP contribution >= 0.6 is 11.6 Å². The summed E-state index contributed by atoms with van der Waals surface area (Å²) in [7, 11) is 1.73. The second-order valence-corrected chi connectivity index (χ2v) is 10.1. The van der Waals surface area contributed by atoms with Gasteiger partial charge in [0.15, 0.2) is 0 Å². The normalized spacial score (nSPS) is 21.6. The molecule has 4 rings (SSSR count). The third-order valence-corrected chi connectivity index (χ3v) is 7.71. The third-order valence-electron chi connectivity index (χ3n) is 7.38. The molecule has 0 spiro atoms. The van der Waals surface area contributed by atoms with E-state index in [2.05, 4.69) is 9.97 Å². The van der Waals surface area contributed by atoms with E-state index in [9.17, 15) is 18.0 Å². The van der Waals surface area contributed by atoms with Crippen molar-refractivity contribution in [3.05, 3.63) is 57.6 Å². The molecule has 6 nitrogen and oxygen atoms in total. The number of halogens is 4. The number of likely N-dealkylation sites (tertiary alicyclic amines) is 1. The van der Waals surface area contributed by atoms with Crippen molar-refractivity contribution in [2.24, 2.45) is 11.8 Å². The van der Waals surface area contributed by atoms with Gasteiger partial charge in [-0.2, -0.15) is 13.2 Å². The molecular weight excluding hydrogens is 495 g/mol. The fraction of sp³-hybridized carbons (Fsp3) is 0.577. The zero-order valence-corrected chi connectivity index (χ0v) is 21.2. The van der Waals surface area contributed by atoms with Crippen molar-refractivity contribution in [3.63, 3.8) is 0 Å². The van der Waals surface area contributed by atoms with E-state index in [4.69, 9.17) is 21.1 Å². The first-order valence-electron chi connectivity index (χ1n) is 12.2. The van der Waals surface area contributed by atoms with Gasteiger partial charge in [-0.1, -0.05) is 17.7 Å². The molecule has 2 saturated heterocycles. The molecule has 2 fully saturated rings. The Balaban J connectivity index is 1.40. The number of carbonyl (C=O) groups is 1. The first kappa shape index (κ1) is 26.8. The Morgan fingerprint density at radius 3 is 2.67 bits per heavy atom. The summed E-state index contributed by atoms with van der Waals surface area (Å²) in [4.78, 5) is 23.6. The third kappa shape index (κ3) is 6.18. The molecule has 1 amide bonds. The van der Waals surface area contributed by atoms with Crippen molar-refractivity contribution in [2.45, 2.75) is 51.3 Å². The van der Waals surface area contributed by atoms with E-state index < -0.39 is 11.7 Å². The second kappa shape index (κ2) is 11.4. The molecule has 2 aromatic rings. The van der Waals surface area contributed by atoms with Crippen molar-refractivity contribution in [3.8, 4) is 0 Å². The molecule has 1 aromatic heterocycles. The van der Waals surface area contributed by atoms with Gasteiger partial charge in [0, 0.05) is 38.8 Å². The number of hydrogen-bond donors (Lipinski definition) is 0. The maximum absolute atomic E-state index is 13.3. The van der Waals surface area contributed by atoms with Gasteiger partial charge < -0.3 is 14.4 Å². The van der Waals surface area contributed by atoms with E-state index in [0.29, 0.717) is 54.0 Å². The number of alkyl halides is 3. The molecule has 1 aromatic carbocycles. The zero-order valence-electron chi connectivity index (χ0n) is 20.5. The van der Waals surface area contributed by atoms with Gasteiger partial charge >= 0.3 is 6.18 Å². The van der Waals surface area contributed by atoms with Crippen molar-refractivity contribution < 1.29 is 27.4 Å². The lowest BCUT2D eigenvalue weighted by atomic mass is 9.82. The molecule has 3 heterocycles. The molecular formula is C26H31ClF3N3O3. The largest absolute Gasteiger partial charge is 0.417 e. The van der Waals surface area contributed by atoms with E-state index in [0.717, 1.165) is 38.4 Å². The Labute approximate surface area is 214 Å². The van der Waals surface area contributed by atoms with Crippen LogP contribution in [0.3, 0.4) is 0 Å². The highest BCUT2D eigenvalue weighted by Crippen LogP contribution is 2.36. The molecule has 0 saturated carbocycles. The van der Waals surface area contributed by atoms with Gasteiger partial charge in [0.1, 0.15) is 12.0 Å². The van der Waals surface area contributed by atoms with Crippen LogP contribution in [0.4, 0.5) is 13.2 Å². The topological polar surface area (TPSA) is 64.6 Å². The summed E-state index contributed by atoms with van der Waals surface area (Å²) in [6, 6.07) is 3.81. The highest BCUT2D eigenvalue weighted by molar-refractivity contribution is 6.31. The Morgan fingerprint density at radius 2 is 1.97 bits per heavy atom. The average molecular weight is 526 g/mol. The van der Waals surface area contributed by atoms with E-state index in [1.165, 1.54) is 18.5 Å². The molecule has 36 heavy (non-hydrogen) atoms. The number of aromatic nitrogens is 2. The van der Waals surface area contributed by atoms with E-state index in [1.807, 2.05) is 4.90 Å². The standard InChI is InChI=1S/C26H31ClF3N3O3/c1-16-22(13-18-3-4-21(27)20(12-18)26(28,29)30)31-15-32-24(16)25(34)33-8-5-17(6-9-33)11-19-7-10-36-14-23(19)35-2/h3-4,12,15,17,19,23H,5-11,13-14H2,1-2H3/t19-,23-/m0/s1. The van der Waals surface area contributed by atoms with E-state index in [1.54, 1.807) is 14.0 Å². The Kier molecular flexibility index (Phi) is 8.52. The van der Waals surface area contributed by atoms with Crippen LogP contribution < -0.4 is 0 Å². The number of nitrogens with zero attached hydrogens (tertiary/aromatic N) is 3. The fourth-order valence-corrected chi connectivity index (χ4v) is 5.43. The van der Waals surface area contributed by atoms with Crippen LogP contribution in [0.5, 0.6) is 0 Å². The van der Waals surface area contributed by atoms with Crippen LogP contribution in [0.2, 0.25) is 5.02 Å². The van der Waals surface area contributed by atoms with Crippen molar-refractivity contribution in [1.82, 2.24) is 14.9 Å². The lowest BCUT2D eigenvalue weighted by Gasteiger charge is -2.37. The summed E-state index contributed by atoms with van der Waals surface area (Å²) in [5, 5.41) is -0.348. The molecule has 2 atom stereocenters. The quantitative estimate of drug-likeness (QED) is 0.509. The minimum atomic E-state index is -4.55. The molecule has 2 aliphatic rings. The molecule has 0 radical (unpaired) electrons. The van der Waals surface area contributed by atoms with Crippen LogP contribution in [0.15, 0.2) is 24.5 Å². The monoisotopic (exact) mass is 525 g/mol. The molecule has 0 bridgehead atoms. The second-order valence-electron chi connectivity index (χ2n) is 9.65. The maximum atomic E-state index is 13.3. The summed E-state index contributed by atoms with van der Waals surface area (Å²) in [5.74, 6) is 0.848. The Morgan fingerprint density at radius 1 is 1.22 bits per heavy atom. The summed E-state index contributed by atoms with van der Waals surface area (Å²) >= 11 is 5.74. The van der Waals surface area contributed by atoms with Gasteiger partial charge in [0.2, 0.25) is 0 Å². The number of hydrogen-bond acceptors (Lipinski definition) is 5. The minimum absolute atomic E-state index is 0.133. The van der Waals surface area contributed by atoms with Crippen LogP contribution in [0, 0.1) is 18.8 Å². The molecule has 0 N–H and O–H groups in total. The molecule has 2 aliphatic heterocycles. The van der Waals surface area contributed by atoms with Crippen LogP contribution in [0.25, 0.3) is 0 Å². The van der Waals surface area contributed by atoms with E-state index in [-0.39, 0.29) is 23.5 Å². The Bertz CT molecular complexity index is 1070. The lowest BCUT2D eigenvalue weighted by molar-refractivity contribution is -0.137. The highest BCUT2D eigenvalue weighted by Gasteiger charge is 2.34. The van der Waals surface area contributed by atoms with Crippen LogP contribution in [-0.2, 0) is 22.1 Å². The number of benzene rings is 1. The van der Waals surface area contributed by atoms with Crippen molar-refractivity contribution in [1.29, 1.82) is 0 Å². The summed E-state index contributed by atoms with van der Waals surface area (Å²) in [6.45, 7) is 4.45. The number of carbonyl (C=O) groups excluding carboxylic acids is 1. The number of piperidine rings is 1. The van der Waals surface area contributed by atoms with Crippen molar-refractivity contribution in [2.75, 3.05) is 33.4 Å². The van der Waals surface area contributed by atoms with Gasteiger partial charge in [0.05, 0.1) is 29.0 Å². The number of amides is 1. The SMILES string of the molecule is CO[C@H]1COCC[C@H]1CC1CCN(C(=O)c2ncnc(Cc3ccc(Cl)c(C(F)(F)F)c3)c2C)CC1. The van der Waals surface area contributed by atoms with E-state index >= 15 is 0 Å². The minimum Gasteiger partial charge on any atom is -0.379 e. The first-order chi connectivity index (χ1) is 17.2. The lowest BCUT2D eigenvalue weighted by Crippen LogP contribution is -2.41. The molecule has 0 aliphatic carbocycles. The van der Waals surface area contributed by atoms with Crippen molar-refractivity contribution >= 4 is 17.5 Å². The molecule has 0 unspecified atom stereocenters. The van der Waals surface area contributed by atoms with Gasteiger partial charge in [0.25, 0.3) is 5.91 Å². The number of rotatable bonds is 6. The van der Waals surface area contributed by atoms with Gasteiger partial charge in [-0.25, -0.2) is 9.97 Å². The predicted molar refractivity (Wildman–Crippen MR) is 129 cm³/mol. The van der Waals surface area contributed by atoms with Gasteiger partial charge in [-0.15, -0.1) is 0 Å². The summed E-state index contributed by atoms with van der Waals surface area (Å²) < 4.78 is 50.9. The predicted octanol–water partition coefficient (Wildman–Crippen LogP) is 5.34. The van der Waals surface area contributed by atoms with Crippen LogP contribution in [0.1, 0.15) is 58.6 Å². The summed E-state index contributed by atoms with van der Waals surface area (Å²) in [5.41, 5.74) is 0.926. The molecule has 10 heteroatoms. The van der Waals surface area contributed by atoms with Gasteiger partial charge in [-0.05, 0) is 62.1 Å². The maximum Gasteiger partial charge on any atom is 0.417 e. The summed E-state index contributed by atoms with van der Waals surface area (Å²) in [6.07, 6.45) is 0.939. The van der Waals surface area contributed by atoms with Gasteiger partial charge in [-0.3, -0.25) is 4.79 Å².